The molecule has 1 saturated carbocycles. The monoisotopic (exact) mass is 399 g/mol. The van der Waals surface area contributed by atoms with Gasteiger partial charge in [0.15, 0.2) is 11.5 Å². The molecule has 0 radical (unpaired) electrons. The van der Waals surface area contributed by atoms with Crippen LogP contribution in [0.25, 0.3) is 0 Å². The number of amides is 2. The second kappa shape index (κ2) is 9.91. The Bertz CT molecular complexity index is 792. The number of hydrogen-bond acceptors (Lipinski definition) is 5. The average Bonchev–Trinajstić information content (AvgIpc) is 2.75. The Hall–Kier alpha value is -3.09. The predicted molar refractivity (Wildman–Crippen MR) is 115 cm³/mol. The summed E-state index contributed by atoms with van der Waals surface area (Å²) in [6.07, 6.45) is 5.76. The number of urea groups is 1. The Balaban J connectivity index is 1.62. The van der Waals surface area contributed by atoms with Crippen LogP contribution in [0.2, 0.25) is 0 Å². The van der Waals surface area contributed by atoms with Crippen LogP contribution in [0.5, 0.6) is 17.2 Å². The van der Waals surface area contributed by atoms with Gasteiger partial charge < -0.3 is 30.2 Å². The zero-order chi connectivity index (χ0) is 20.6. The zero-order valence-electron chi connectivity index (χ0n) is 17.2. The van der Waals surface area contributed by atoms with Gasteiger partial charge in [-0.05, 0) is 37.1 Å². The topological polar surface area (TPSA) is 80.9 Å². The molecule has 1 fully saturated rings. The largest absolute Gasteiger partial charge is 0.493 e. The van der Waals surface area contributed by atoms with E-state index >= 15 is 0 Å². The van der Waals surface area contributed by atoms with Crippen molar-refractivity contribution < 1.29 is 19.0 Å². The minimum atomic E-state index is -0.151. The van der Waals surface area contributed by atoms with E-state index in [1.54, 1.807) is 21.3 Å². The highest BCUT2D eigenvalue weighted by molar-refractivity contribution is 5.89. The lowest BCUT2D eigenvalue weighted by Gasteiger charge is -2.22. The van der Waals surface area contributed by atoms with E-state index in [4.69, 9.17) is 14.2 Å². The minimum Gasteiger partial charge on any atom is -0.493 e. The molecule has 0 unspecified atom stereocenters. The third kappa shape index (κ3) is 5.47. The quantitative estimate of drug-likeness (QED) is 0.616. The van der Waals surface area contributed by atoms with Crippen LogP contribution < -0.4 is 30.2 Å². The Morgan fingerprint density at radius 2 is 1.41 bits per heavy atom. The van der Waals surface area contributed by atoms with Crippen molar-refractivity contribution in [1.29, 1.82) is 0 Å². The minimum absolute atomic E-state index is 0.151. The Labute approximate surface area is 171 Å². The summed E-state index contributed by atoms with van der Waals surface area (Å²) >= 11 is 0. The molecule has 0 spiro atoms. The van der Waals surface area contributed by atoms with Crippen molar-refractivity contribution in [2.75, 3.05) is 32.0 Å². The van der Waals surface area contributed by atoms with Gasteiger partial charge in [0, 0.05) is 35.2 Å². The molecule has 0 aromatic heterocycles. The molecule has 7 nitrogen and oxygen atoms in total. The number of benzene rings is 2. The van der Waals surface area contributed by atoms with Gasteiger partial charge in [-0.1, -0.05) is 19.3 Å². The van der Waals surface area contributed by atoms with Crippen molar-refractivity contribution in [3.05, 3.63) is 36.4 Å². The second-order valence-electron chi connectivity index (χ2n) is 7.05. The molecule has 1 aliphatic carbocycles. The fraction of sp³-hybridized carbons (Fsp3) is 0.409. The first-order valence-electron chi connectivity index (χ1n) is 9.87. The molecule has 3 N–H and O–H groups in total. The predicted octanol–water partition coefficient (Wildman–Crippen LogP) is 4.91. The van der Waals surface area contributed by atoms with Gasteiger partial charge in [0.2, 0.25) is 5.75 Å². The summed E-state index contributed by atoms with van der Waals surface area (Å²) in [7, 11) is 4.74. The number of hydrogen-bond donors (Lipinski definition) is 3. The van der Waals surface area contributed by atoms with E-state index in [1.807, 2.05) is 36.4 Å². The standard InChI is InChI=1S/C22H29N3O4/c1-27-19-13-18(14-20(28-2)21(19)29-3)23-16-9-11-17(12-10-16)25-22(26)24-15-7-5-4-6-8-15/h9-15,23H,4-8H2,1-3H3,(H2,24,25,26). The molecule has 2 aromatic carbocycles. The maximum absolute atomic E-state index is 12.2. The van der Waals surface area contributed by atoms with E-state index < -0.39 is 0 Å². The molecule has 0 saturated heterocycles. The fourth-order valence-corrected chi connectivity index (χ4v) is 3.56. The molecule has 29 heavy (non-hydrogen) atoms. The molecule has 2 aromatic rings. The Morgan fingerprint density at radius 3 is 1.97 bits per heavy atom. The molecule has 156 valence electrons. The van der Waals surface area contributed by atoms with Crippen LogP contribution in [0.4, 0.5) is 21.9 Å². The molecule has 0 heterocycles. The number of anilines is 3. The highest BCUT2D eigenvalue weighted by Crippen LogP contribution is 2.40. The summed E-state index contributed by atoms with van der Waals surface area (Å²) in [5.74, 6) is 1.70. The summed E-state index contributed by atoms with van der Waals surface area (Å²) in [6, 6.07) is 11.3. The maximum atomic E-state index is 12.2. The van der Waals surface area contributed by atoms with Crippen LogP contribution >= 0.6 is 0 Å². The van der Waals surface area contributed by atoms with Crippen molar-refractivity contribution in [2.24, 2.45) is 0 Å². The number of carbonyl (C=O) groups excluding carboxylic acids is 1. The Morgan fingerprint density at radius 1 is 0.828 bits per heavy atom. The van der Waals surface area contributed by atoms with Gasteiger partial charge in [-0.15, -0.1) is 0 Å². The molecular formula is C22H29N3O4. The lowest BCUT2D eigenvalue weighted by Crippen LogP contribution is -2.38. The SMILES string of the molecule is COc1cc(Nc2ccc(NC(=O)NC3CCCCC3)cc2)cc(OC)c1OC. The molecule has 0 atom stereocenters. The van der Waals surface area contributed by atoms with Gasteiger partial charge in [0.25, 0.3) is 0 Å². The number of ether oxygens (including phenoxy) is 3. The van der Waals surface area contributed by atoms with E-state index in [0.717, 1.165) is 29.9 Å². The maximum Gasteiger partial charge on any atom is 0.319 e. The highest BCUT2D eigenvalue weighted by Gasteiger charge is 2.16. The van der Waals surface area contributed by atoms with Gasteiger partial charge in [0.05, 0.1) is 21.3 Å². The molecule has 0 aliphatic heterocycles. The molecule has 7 heteroatoms. The van der Waals surface area contributed by atoms with Crippen molar-refractivity contribution in [2.45, 2.75) is 38.1 Å². The van der Waals surface area contributed by atoms with Crippen molar-refractivity contribution in [3.8, 4) is 17.2 Å². The van der Waals surface area contributed by atoms with E-state index in [0.29, 0.717) is 17.2 Å². The van der Waals surface area contributed by atoms with Gasteiger partial charge in [-0.25, -0.2) is 4.79 Å². The summed E-state index contributed by atoms with van der Waals surface area (Å²) in [5, 5.41) is 9.26. The van der Waals surface area contributed by atoms with Crippen LogP contribution in [0.1, 0.15) is 32.1 Å². The van der Waals surface area contributed by atoms with Crippen LogP contribution in [-0.4, -0.2) is 33.4 Å². The summed E-state index contributed by atoms with van der Waals surface area (Å²) in [6.45, 7) is 0. The van der Waals surface area contributed by atoms with Crippen LogP contribution in [0.15, 0.2) is 36.4 Å². The molecule has 2 amide bonds. The van der Waals surface area contributed by atoms with Crippen molar-refractivity contribution >= 4 is 23.1 Å². The fourth-order valence-electron chi connectivity index (χ4n) is 3.56. The third-order valence-corrected chi connectivity index (χ3v) is 5.04. The first-order valence-corrected chi connectivity index (χ1v) is 9.87. The zero-order valence-corrected chi connectivity index (χ0v) is 17.2. The number of methoxy groups -OCH3 is 3. The van der Waals surface area contributed by atoms with Crippen LogP contribution in [0.3, 0.4) is 0 Å². The van der Waals surface area contributed by atoms with Gasteiger partial charge in [-0.3, -0.25) is 0 Å². The van der Waals surface area contributed by atoms with E-state index in [-0.39, 0.29) is 12.1 Å². The molecule has 3 rings (SSSR count). The molecule has 0 bridgehead atoms. The summed E-state index contributed by atoms with van der Waals surface area (Å²) in [4.78, 5) is 12.2. The van der Waals surface area contributed by atoms with Crippen LogP contribution in [0, 0.1) is 0 Å². The van der Waals surface area contributed by atoms with E-state index in [2.05, 4.69) is 16.0 Å². The second-order valence-corrected chi connectivity index (χ2v) is 7.05. The van der Waals surface area contributed by atoms with Crippen molar-refractivity contribution in [3.63, 3.8) is 0 Å². The smallest absolute Gasteiger partial charge is 0.319 e. The normalized spacial score (nSPS) is 14.0. The number of carbonyl (C=O) groups is 1. The average molecular weight is 399 g/mol. The highest BCUT2D eigenvalue weighted by atomic mass is 16.5. The van der Waals surface area contributed by atoms with Gasteiger partial charge in [-0.2, -0.15) is 0 Å². The van der Waals surface area contributed by atoms with Crippen molar-refractivity contribution in [1.82, 2.24) is 5.32 Å². The number of nitrogens with one attached hydrogen (secondary N) is 3. The lowest BCUT2D eigenvalue weighted by molar-refractivity contribution is 0.244. The molecule has 1 aliphatic rings. The number of rotatable bonds is 7. The lowest BCUT2D eigenvalue weighted by atomic mass is 9.96. The Kier molecular flexibility index (Phi) is 7.05. The van der Waals surface area contributed by atoms with E-state index in [1.165, 1.54) is 19.3 Å². The van der Waals surface area contributed by atoms with E-state index in [9.17, 15) is 4.79 Å². The van der Waals surface area contributed by atoms with Crippen LogP contribution in [-0.2, 0) is 0 Å². The first-order chi connectivity index (χ1) is 14.1. The first kappa shape index (κ1) is 20.6. The summed E-state index contributed by atoms with van der Waals surface area (Å²) in [5.41, 5.74) is 2.42. The van der Waals surface area contributed by atoms with Gasteiger partial charge >= 0.3 is 6.03 Å². The molecular weight excluding hydrogens is 370 g/mol. The summed E-state index contributed by atoms with van der Waals surface area (Å²) < 4.78 is 16.1. The third-order valence-electron chi connectivity index (χ3n) is 5.04. The van der Waals surface area contributed by atoms with Gasteiger partial charge in [0.1, 0.15) is 0 Å².